The lowest BCUT2D eigenvalue weighted by atomic mass is 10.00. The first-order valence-electron chi connectivity index (χ1n) is 7.16. The van der Waals surface area contributed by atoms with E-state index in [0.29, 0.717) is 17.4 Å². The Morgan fingerprint density at radius 3 is 2.50 bits per heavy atom. The van der Waals surface area contributed by atoms with E-state index in [0.717, 1.165) is 11.1 Å². The minimum Gasteiger partial charge on any atom is -0.422 e. The zero-order chi connectivity index (χ0) is 17.3. The molecule has 0 bridgehead atoms. The summed E-state index contributed by atoms with van der Waals surface area (Å²) < 4.78 is 31.9. The number of hydrogen-bond donors (Lipinski definition) is 1. The zero-order valence-corrected chi connectivity index (χ0v) is 13.7. The average molecular weight is 345 g/mol. The molecule has 0 saturated carbocycles. The molecule has 24 heavy (non-hydrogen) atoms. The molecule has 2 aromatic carbocycles. The molecule has 0 saturated heterocycles. The number of rotatable bonds is 4. The highest BCUT2D eigenvalue weighted by molar-refractivity contribution is 7.84. The van der Waals surface area contributed by atoms with Gasteiger partial charge in [-0.05, 0) is 30.2 Å². The van der Waals surface area contributed by atoms with Crippen molar-refractivity contribution in [1.29, 1.82) is 0 Å². The maximum Gasteiger partial charge on any atom is 0.380 e. The van der Waals surface area contributed by atoms with Crippen LogP contribution in [0.1, 0.15) is 16.7 Å². The van der Waals surface area contributed by atoms with Gasteiger partial charge < -0.3 is 8.60 Å². The molecule has 0 fully saturated rings. The van der Waals surface area contributed by atoms with Crippen LogP contribution in [0.4, 0.5) is 0 Å². The van der Waals surface area contributed by atoms with E-state index in [2.05, 4.69) is 4.18 Å². The molecule has 0 spiro atoms. The van der Waals surface area contributed by atoms with Gasteiger partial charge in [0.2, 0.25) is 0 Å². The first kappa shape index (κ1) is 16.2. The third-order valence-corrected chi connectivity index (χ3v) is 4.12. The van der Waals surface area contributed by atoms with Gasteiger partial charge in [0.25, 0.3) is 0 Å². The van der Waals surface area contributed by atoms with Crippen molar-refractivity contribution in [2.45, 2.75) is 13.3 Å². The first-order chi connectivity index (χ1) is 11.3. The van der Waals surface area contributed by atoms with Crippen molar-refractivity contribution in [1.82, 2.24) is 0 Å². The standard InChI is InChI=1S/C17H15NO5S/c1-11-14-8-7-13(23-24(18,20)21)10-16(14)22-17(19)15(11)9-12-5-3-2-4-6-12/h2-8,10H,9H2,1H3,(H2,18,20,21). The van der Waals surface area contributed by atoms with Crippen LogP contribution in [-0.2, 0) is 16.7 Å². The van der Waals surface area contributed by atoms with Gasteiger partial charge >= 0.3 is 15.9 Å². The van der Waals surface area contributed by atoms with Crippen LogP contribution in [0.25, 0.3) is 11.0 Å². The maximum absolute atomic E-state index is 12.3. The maximum atomic E-state index is 12.3. The lowest BCUT2D eigenvalue weighted by Crippen LogP contribution is -2.19. The monoisotopic (exact) mass is 345 g/mol. The summed E-state index contributed by atoms with van der Waals surface area (Å²) in [5.74, 6) is -0.0108. The van der Waals surface area contributed by atoms with Crippen molar-refractivity contribution in [3.63, 3.8) is 0 Å². The summed E-state index contributed by atoms with van der Waals surface area (Å²) in [5, 5.41) is 5.55. The fourth-order valence-corrected chi connectivity index (χ4v) is 2.94. The molecule has 0 radical (unpaired) electrons. The van der Waals surface area contributed by atoms with Crippen LogP contribution in [0.2, 0.25) is 0 Å². The molecule has 0 amide bonds. The molecule has 0 aliphatic rings. The molecule has 0 unspecified atom stereocenters. The molecule has 3 rings (SSSR count). The second kappa shape index (κ2) is 6.10. The van der Waals surface area contributed by atoms with Crippen LogP contribution >= 0.6 is 0 Å². The van der Waals surface area contributed by atoms with E-state index in [1.54, 1.807) is 6.07 Å². The van der Waals surface area contributed by atoms with Crippen LogP contribution in [-0.4, -0.2) is 8.42 Å². The quantitative estimate of drug-likeness (QED) is 0.731. The fourth-order valence-electron chi connectivity index (χ4n) is 2.56. The smallest absolute Gasteiger partial charge is 0.380 e. The summed E-state index contributed by atoms with van der Waals surface area (Å²) in [6, 6.07) is 14.0. The van der Waals surface area contributed by atoms with E-state index >= 15 is 0 Å². The Balaban J connectivity index is 2.08. The molecule has 124 valence electrons. The highest BCUT2D eigenvalue weighted by Gasteiger charge is 2.14. The third-order valence-electron chi connectivity index (χ3n) is 3.69. The molecular weight excluding hydrogens is 330 g/mol. The normalized spacial score (nSPS) is 11.6. The highest BCUT2D eigenvalue weighted by atomic mass is 32.2. The van der Waals surface area contributed by atoms with E-state index in [1.807, 2.05) is 37.3 Å². The number of fused-ring (bicyclic) bond motifs is 1. The number of benzene rings is 2. The molecule has 0 aliphatic heterocycles. The third kappa shape index (κ3) is 3.47. The molecule has 6 nitrogen and oxygen atoms in total. The van der Waals surface area contributed by atoms with Gasteiger partial charge in [0.1, 0.15) is 11.3 Å². The van der Waals surface area contributed by atoms with Crippen LogP contribution in [0.5, 0.6) is 5.75 Å². The minimum atomic E-state index is -4.13. The Morgan fingerprint density at radius 2 is 1.83 bits per heavy atom. The van der Waals surface area contributed by atoms with E-state index < -0.39 is 15.9 Å². The van der Waals surface area contributed by atoms with E-state index in [-0.39, 0.29) is 11.3 Å². The Labute approximate surface area is 138 Å². The molecule has 7 heteroatoms. The van der Waals surface area contributed by atoms with Gasteiger partial charge in [-0.2, -0.15) is 13.6 Å². The van der Waals surface area contributed by atoms with Crippen molar-refractivity contribution in [3.8, 4) is 5.75 Å². The van der Waals surface area contributed by atoms with Crippen LogP contribution < -0.4 is 14.9 Å². The Morgan fingerprint density at radius 1 is 1.12 bits per heavy atom. The molecule has 2 N–H and O–H groups in total. The van der Waals surface area contributed by atoms with Crippen molar-refractivity contribution >= 4 is 21.3 Å². The van der Waals surface area contributed by atoms with Gasteiger partial charge in [0.05, 0.1) is 0 Å². The van der Waals surface area contributed by atoms with Crippen molar-refractivity contribution < 1.29 is 17.0 Å². The summed E-state index contributed by atoms with van der Waals surface area (Å²) >= 11 is 0. The highest BCUT2D eigenvalue weighted by Crippen LogP contribution is 2.25. The van der Waals surface area contributed by atoms with Gasteiger partial charge in [0, 0.05) is 23.4 Å². The molecule has 1 heterocycles. The Kier molecular flexibility index (Phi) is 4.13. The Bertz CT molecular complexity index is 1060. The second-order valence-electron chi connectivity index (χ2n) is 5.39. The lowest BCUT2D eigenvalue weighted by molar-refractivity contribution is 0.486. The number of hydrogen-bond acceptors (Lipinski definition) is 5. The van der Waals surface area contributed by atoms with Gasteiger partial charge in [-0.3, -0.25) is 0 Å². The molecule has 0 atom stereocenters. The van der Waals surface area contributed by atoms with Crippen molar-refractivity contribution in [3.05, 3.63) is 75.6 Å². The van der Waals surface area contributed by atoms with E-state index in [9.17, 15) is 13.2 Å². The summed E-state index contributed by atoms with van der Waals surface area (Å²) in [5.41, 5.74) is 2.13. The second-order valence-corrected chi connectivity index (χ2v) is 6.54. The van der Waals surface area contributed by atoms with Gasteiger partial charge in [-0.25, -0.2) is 4.79 Å². The topological polar surface area (TPSA) is 99.6 Å². The van der Waals surface area contributed by atoms with Crippen LogP contribution in [0.15, 0.2) is 57.7 Å². The molecule has 0 aliphatic carbocycles. The van der Waals surface area contributed by atoms with Crippen molar-refractivity contribution in [2.75, 3.05) is 0 Å². The molecule has 1 aromatic heterocycles. The summed E-state index contributed by atoms with van der Waals surface area (Å²) in [4.78, 5) is 12.3. The van der Waals surface area contributed by atoms with Gasteiger partial charge in [-0.15, -0.1) is 0 Å². The molecule has 3 aromatic rings. The van der Waals surface area contributed by atoms with E-state index in [1.165, 1.54) is 12.1 Å². The number of aryl methyl sites for hydroxylation is 1. The number of nitrogens with two attached hydrogens (primary N) is 1. The van der Waals surface area contributed by atoms with Gasteiger partial charge in [0.15, 0.2) is 0 Å². The molecular formula is C17H15NO5S. The SMILES string of the molecule is Cc1c(Cc2ccccc2)c(=O)oc2cc(OS(N)(=O)=O)ccc12. The predicted molar refractivity (Wildman–Crippen MR) is 90.2 cm³/mol. The zero-order valence-electron chi connectivity index (χ0n) is 12.9. The lowest BCUT2D eigenvalue weighted by Gasteiger charge is -2.09. The predicted octanol–water partition coefficient (Wildman–Crippen LogP) is 2.27. The largest absolute Gasteiger partial charge is 0.422 e. The van der Waals surface area contributed by atoms with Crippen LogP contribution in [0, 0.1) is 6.92 Å². The first-order valence-corrected chi connectivity index (χ1v) is 8.63. The Hall–Kier alpha value is -2.64. The summed E-state index contributed by atoms with van der Waals surface area (Å²) in [6.07, 6.45) is 0.459. The fraction of sp³-hybridized carbons (Fsp3) is 0.118. The van der Waals surface area contributed by atoms with Crippen molar-refractivity contribution in [2.24, 2.45) is 5.14 Å². The minimum absolute atomic E-state index is 0.0108. The van der Waals surface area contributed by atoms with Gasteiger partial charge in [-0.1, -0.05) is 30.3 Å². The van der Waals surface area contributed by atoms with Crippen LogP contribution in [0.3, 0.4) is 0 Å². The van der Waals surface area contributed by atoms with E-state index in [4.69, 9.17) is 9.56 Å². The average Bonchev–Trinajstić information content (AvgIpc) is 2.50. The summed E-state index contributed by atoms with van der Waals surface area (Å²) in [6.45, 7) is 1.83. The summed E-state index contributed by atoms with van der Waals surface area (Å²) in [7, 11) is -4.13.